The molecule has 0 amide bonds. The van der Waals surface area contributed by atoms with Crippen LogP contribution in [0.25, 0.3) is 0 Å². The minimum absolute atomic E-state index is 0. The summed E-state index contributed by atoms with van der Waals surface area (Å²) < 4.78 is 18.3. The summed E-state index contributed by atoms with van der Waals surface area (Å²) in [6.45, 7) is 0. The normalized spacial score (nSPS) is 9.67. The third kappa shape index (κ3) is 51.3. The molecule has 0 aliphatic rings. The summed E-state index contributed by atoms with van der Waals surface area (Å²) in [6.07, 6.45) is 0. The average molecular weight is 342 g/mol. The minimum atomic E-state index is -3.72. The van der Waals surface area contributed by atoms with Crippen molar-refractivity contribution in [2.45, 2.75) is 0 Å². The molecule has 0 saturated carbocycles. The van der Waals surface area contributed by atoms with Crippen molar-refractivity contribution in [1.82, 2.24) is 0 Å². The first-order valence-corrected chi connectivity index (χ1v) is 3.78. The van der Waals surface area contributed by atoms with Crippen LogP contribution in [0.15, 0.2) is 0 Å². The van der Waals surface area contributed by atoms with Gasteiger partial charge in [-0.15, -0.1) is 0 Å². The predicted molar refractivity (Wildman–Crippen MR) is 26.4 cm³/mol. The number of hydrogen-bond acceptors (Lipinski definition) is 2. The van der Waals surface area contributed by atoms with Crippen molar-refractivity contribution < 1.29 is 8.42 Å². The van der Waals surface area contributed by atoms with E-state index < -0.39 is 8.26 Å². The molecule has 0 rings (SSSR count). The topological polar surface area (TPSA) is 34.1 Å². The molecule has 6 heavy (non-hydrogen) atoms. The molecule has 6 heteroatoms. The van der Waals surface area contributed by atoms with E-state index in [1.54, 1.807) is 0 Å². The van der Waals surface area contributed by atoms with Gasteiger partial charge in [-0.1, -0.05) is 0 Å². The van der Waals surface area contributed by atoms with Crippen molar-refractivity contribution >= 4 is 56.9 Å². The first-order valence-electron chi connectivity index (χ1n) is 0.642. The van der Waals surface area contributed by atoms with Gasteiger partial charge < -0.3 is 0 Å². The molecule has 0 aromatic heterocycles. The van der Waals surface area contributed by atoms with Crippen molar-refractivity contribution in [3.05, 3.63) is 0 Å². The number of rotatable bonds is 0. The summed E-state index contributed by atoms with van der Waals surface area (Å²) in [5, 5.41) is 0. The smallest absolute Gasteiger partial charge is 0.195 e. The van der Waals surface area contributed by atoms with Gasteiger partial charge in [-0.3, -0.25) is 0 Å². The van der Waals surface area contributed by atoms with E-state index >= 15 is 0 Å². The maximum absolute atomic E-state index is 9.16. The van der Waals surface area contributed by atoms with Crippen LogP contribution < -0.4 is 0 Å². The van der Waals surface area contributed by atoms with E-state index in [9.17, 15) is 0 Å². The molecule has 0 aliphatic heterocycles. The van der Waals surface area contributed by atoms with Crippen LogP contribution >= 0.6 is 21.4 Å². The van der Waals surface area contributed by atoms with Crippen LogP contribution in [0.3, 0.4) is 0 Å². The first kappa shape index (κ1) is 10.4. The summed E-state index contributed by atoms with van der Waals surface area (Å²) in [6, 6.07) is 0. The van der Waals surface area contributed by atoms with Gasteiger partial charge in [0.25, 0.3) is 0 Å². The fourth-order valence-corrected chi connectivity index (χ4v) is 0. The Kier molecular flexibility index (Phi) is 6.01. The molecular formula is Cl2O2PbS. The molecule has 4 radical (unpaired) electrons. The van der Waals surface area contributed by atoms with Gasteiger partial charge in [0.2, 0.25) is 0 Å². The summed E-state index contributed by atoms with van der Waals surface area (Å²) in [4.78, 5) is 0. The second-order valence-corrected chi connectivity index (χ2v) is 4.05. The molecule has 36 valence electrons. The Morgan fingerprint density at radius 1 is 1.17 bits per heavy atom. The molecule has 0 saturated heterocycles. The molecule has 0 heterocycles. The molecular weight excluding hydrogens is 342 g/mol. The monoisotopic (exact) mass is 342 g/mol. The van der Waals surface area contributed by atoms with Crippen LogP contribution in [0.1, 0.15) is 0 Å². The van der Waals surface area contributed by atoms with Gasteiger partial charge >= 0.3 is 8.26 Å². The Bertz CT molecular complexity index is 94.7. The van der Waals surface area contributed by atoms with E-state index in [-0.39, 0.29) is 27.3 Å². The minimum Gasteiger partial charge on any atom is -0.195 e. The molecule has 0 bridgehead atoms. The number of halogens is 2. The fourth-order valence-electron chi connectivity index (χ4n) is 0. The fraction of sp³-hybridized carbons (Fsp3) is 0. The van der Waals surface area contributed by atoms with Crippen LogP contribution in [-0.2, 0) is 8.26 Å². The van der Waals surface area contributed by atoms with Crippen molar-refractivity contribution in [3.63, 3.8) is 0 Å². The molecule has 0 spiro atoms. The standard InChI is InChI=1S/Cl2O2S.Pb/c1-5(2,3)4;. The van der Waals surface area contributed by atoms with Gasteiger partial charge in [-0.25, -0.2) is 0 Å². The largest absolute Gasteiger partial charge is 0.317 e. The molecule has 2 nitrogen and oxygen atoms in total. The summed E-state index contributed by atoms with van der Waals surface area (Å²) in [7, 11) is 4.81. The summed E-state index contributed by atoms with van der Waals surface area (Å²) >= 11 is 0. The van der Waals surface area contributed by atoms with E-state index in [1.807, 2.05) is 0 Å². The average Bonchev–Trinajstić information content (AvgIpc) is 0.722. The van der Waals surface area contributed by atoms with E-state index in [1.165, 1.54) is 0 Å². The Labute approximate surface area is 64.9 Å². The third-order valence-electron chi connectivity index (χ3n) is 0. The van der Waals surface area contributed by atoms with Gasteiger partial charge in [0, 0.05) is 48.7 Å². The maximum atomic E-state index is 9.16. The van der Waals surface area contributed by atoms with Gasteiger partial charge in [-0.2, -0.15) is 8.42 Å². The van der Waals surface area contributed by atoms with Crippen molar-refractivity contribution in [3.8, 4) is 0 Å². The second kappa shape index (κ2) is 3.45. The quantitative estimate of drug-likeness (QED) is 0.470. The predicted octanol–water partition coefficient (Wildman–Crippen LogP) is 0.328. The van der Waals surface area contributed by atoms with Crippen LogP contribution in [0.5, 0.6) is 0 Å². The van der Waals surface area contributed by atoms with Gasteiger partial charge in [0.1, 0.15) is 0 Å². The van der Waals surface area contributed by atoms with E-state index in [0.29, 0.717) is 0 Å². The van der Waals surface area contributed by atoms with Crippen LogP contribution in [0.4, 0.5) is 0 Å². The van der Waals surface area contributed by atoms with Crippen LogP contribution in [-0.4, -0.2) is 35.7 Å². The SMILES string of the molecule is O=S(=O)(Cl)Cl.[Pb]. The number of hydrogen-bond donors (Lipinski definition) is 0. The summed E-state index contributed by atoms with van der Waals surface area (Å²) in [5.41, 5.74) is 0. The van der Waals surface area contributed by atoms with E-state index in [4.69, 9.17) is 8.42 Å². The third-order valence-corrected chi connectivity index (χ3v) is 0. The Balaban J connectivity index is 0. The second-order valence-electron chi connectivity index (χ2n) is 0.378. The zero-order chi connectivity index (χ0) is 4.50. The van der Waals surface area contributed by atoms with Gasteiger partial charge in [-0.05, 0) is 0 Å². The first-order chi connectivity index (χ1) is 2.00. The Hall–Kier alpha value is 1.45. The van der Waals surface area contributed by atoms with Gasteiger partial charge in [0.15, 0.2) is 0 Å². The molecule has 0 atom stereocenters. The van der Waals surface area contributed by atoms with Gasteiger partial charge in [0.05, 0.1) is 0 Å². The molecule has 0 aromatic rings. The van der Waals surface area contributed by atoms with Crippen LogP contribution in [0.2, 0.25) is 0 Å². The molecule has 0 aromatic carbocycles. The Morgan fingerprint density at radius 2 is 1.17 bits per heavy atom. The Morgan fingerprint density at radius 3 is 1.17 bits per heavy atom. The maximum Gasteiger partial charge on any atom is 0.317 e. The summed E-state index contributed by atoms with van der Waals surface area (Å²) in [5.74, 6) is 0. The molecule has 0 N–H and O–H groups in total. The molecule has 0 aliphatic carbocycles. The van der Waals surface area contributed by atoms with Crippen molar-refractivity contribution in [2.24, 2.45) is 0 Å². The zero-order valence-electron chi connectivity index (χ0n) is 2.48. The zero-order valence-corrected chi connectivity index (χ0v) is 8.70. The molecule has 0 unspecified atom stereocenters. The molecule has 0 fully saturated rings. The van der Waals surface area contributed by atoms with E-state index in [2.05, 4.69) is 21.4 Å². The van der Waals surface area contributed by atoms with Crippen molar-refractivity contribution in [1.29, 1.82) is 0 Å². The van der Waals surface area contributed by atoms with E-state index in [0.717, 1.165) is 0 Å². The van der Waals surface area contributed by atoms with Crippen LogP contribution in [0, 0.1) is 0 Å². The van der Waals surface area contributed by atoms with Crippen molar-refractivity contribution in [2.75, 3.05) is 0 Å².